The molecule has 1 rings (SSSR count). The molecule has 0 saturated heterocycles. The third-order valence-electron chi connectivity index (χ3n) is 3.78. The molecule has 90 valence electrons. The fourth-order valence-corrected chi connectivity index (χ4v) is 2.46. The minimum Gasteiger partial charge on any atom is -0.122 e. The predicted octanol–water partition coefficient (Wildman–Crippen LogP) is 5.14. The smallest absolute Gasteiger partial charge is 0.0474 e. The summed E-state index contributed by atoms with van der Waals surface area (Å²) in [4.78, 5) is 0. The molecule has 0 N–H and O–H groups in total. The minimum absolute atomic E-state index is 0.275. The van der Waals surface area contributed by atoms with Gasteiger partial charge in [-0.15, -0.1) is 11.6 Å². The lowest BCUT2D eigenvalue weighted by Crippen LogP contribution is -2.28. The van der Waals surface area contributed by atoms with Crippen LogP contribution in [-0.2, 0) is 11.3 Å². The molecule has 0 aliphatic heterocycles. The number of benzene rings is 1. The van der Waals surface area contributed by atoms with Crippen LogP contribution in [0.5, 0.6) is 0 Å². The van der Waals surface area contributed by atoms with E-state index in [9.17, 15) is 0 Å². The normalized spacial score (nSPS) is 15.1. The number of halogens is 1. The molecule has 0 heterocycles. The Morgan fingerprint density at radius 3 is 2.50 bits per heavy atom. The highest BCUT2D eigenvalue weighted by atomic mass is 35.5. The first kappa shape index (κ1) is 13.6. The third kappa shape index (κ3) is 2.79. The molecule has 1 atom stereocenters. The summed E-state index contributed by atoms with van der Waals surface area (Å²) in [6.45, 7) is 9.24. The van der Waals surface area contributed by atoms with E-state index in [-0.39, 0.29) is 5.41 Å². The number of alkyl halides is 1. The molecule has 0 radical (unpaired) electrons. The van der Waals surface area contributed by atoms with Crippen LogP contribution in [0, 0.1) is 5.92 Å². The van der Waals surface area contributed by atoms with Gasteiger partial charge in [-0.2, -0.15) is 0 Å². The first-order valence-corrected chi connectivity index (χ1v) is 6.73. The van der Waals surface area contributed by atoms with Crippen molar-refractivity contribution in [2.45, 2.75) is 51.8 Å². The van der Waals surface area contributed by atoms with Gasteiger partial charge in [0.05, 0.1) is 0 Å². The van der Waals surface area contributed by atoms with Crippen LogP contribution in [0.3, 0.4) is 0 Å². The standard InChI is InChI=1S/C15H23Cl/c1-5-9-15(4,12(2)3)14-8-6-7-13(10-14)11-16/h6-8,10,12H,5,9,11H2,1-4H3. The van der Waals surface area contributed by atoms with Crippen LogP contribution in [0.1, 0.15) is 51.7 Å². The van der Waals surface area contributed by atoms with Gasteiger partial charge >= 0.3 is 0 Å². The van der Waals surface area contributed by atoms with Gasteiger partial charge < -0.3 is 0 Å². The van der Waals surface area contributed by atoms with Gasteiger partial charge in [0.25, 0.3) is 0 Å². The quantitative estimate of drug-likeness (QED) is 0.623. The molecule has 0 amide bonds. The molecule has 1 heteroatoms. The summed E-state index contributed by atoms with van der Waals surface area (Å²) < 4.78 is 0. The second-order valence-corrected chi connectivity index (χ2v) is 5.42. The van der Waals surface area contributed by atoms with Crippen molar-refractivity contribution >= 4 is 11.6 Å². The SMILES string of the molecule is CCCC(C)(c1cccc(CCl)c1)C(C)C. The topological polar surface area (TPSA) is 0 Å². The van der Waals surface area contributed by atoms with E-state index in [2.05, 4.69) is 52.0 Å². The van der Waals surface area contributed by atoms with Crippen LogP contribution in [-0.4, -0.2) is 0 Å². The molecule has 0 fully saturated rings. The van der Waals surface area contributed by atoms with E-state index in [4.69, 9.17) is 11.6 Å². The molecule has 0 spiro atoms. The van der Waals surface area contributed by atoms with Crippen molar-refractivity contribution in [1.82, 2.24) is 0 Å². The maximum atomic E-state index is 5.91. The van der Waals surface area contributed by atoms with Crippen LogP contribution >= 0.6 is 11.6 Å². The van der Waals surface area contributed by atoms with Crippen molar-refractivity contribution in [2.75, 3.05) is 0 Å². The number of rotatable bonds is 5. The molecular weight excluding hydrogens is 216 g/mol. The lowest BCUT2D eigenvalue weighted by Gasteiger charge is -2.34. The molecule has 1 aromatic rings. The molecule has 0 aromatic heterocycles. The highest BCUT2D eigenvalue weighted by Gasteiger charge is 2.29. The van der Waals surface area contributed by atoms with Gasteiger partial charge in [-0.3, -0.25) is 0 Å². The average molecular weight is 239 g/mol. The zero-order valence-corrected chi connectivity index (χ0v) is 11.6. The average Bonchev–Trinajstić information content (AvgIpc) is 2.29. The van der Waals surface area contributed by atoms with E-state index >= 15 is 0 Å². The van der Waals surface area contributed by atoms with Crippen molar-refractivity contribution in [3.05, 3.63) is 35.4 Å². The molecule has 0 aliphatic rings. The van der Waals surface area contributed by atoms with E-state index in [0.717, 1.165) is 0 Å². The summed E-state index contributed by atoms with van der Waals surface area (Å²) in [6.07, 6.45) is 2.45. The van der Waals surface area contributed by atoms with Crippen molar-refractivity contribution < 1.29 is 0 Å². The van der Waals surface area contributed by atoms with Gasteiger partial charge in [-0.1, -0.05) is 58.4 Å². The highest BCUT2D eigenvalue weighted by molar-refractivity contribution is 6.17. The van der Waals surface area contributed by atoms with Crippen LogP contribution in [0.2, 0.25) is 0 Å². The van der Waals surface area contributed by atoms with Gasteiger partial charge in [0.2, 0.25) is 0 Å². The van der Waals surface area contributed by atoms with Crippen molar-refractivity contribution in [3.8, 4) is 0 Å². The molecule has 0 nitrogen and oxygen atoms in total. The second-order valence-electron chi connectivity index (χ2n) is 5.16. The van der Waals surface area contributed by atoms with Gasteiger partial charge in [0.15, 0.2) is 0 Å². The molecule has 0 bridgehead atoms. The summed E-state index contributed by atoms with van der Waals surface area (Å²) in [5, 5.41) is 0. The Hall–Kier alpha value is -0.490. The Labute approximate surface area is 105 Å². The van der Waals surface area contributed by atoms with Crippen LogP contribution in [0.4, 0.5) is 0 Å². The van der Waals surface area contributed by atoms with E-state index in [0.29, 0.717) is 11.8 Å². The largest absolute Gasteiger partial charge is 0.122 e. The Morgan fingerprint density at radius 2 is 2.00 bits per heavy atom. The van der Waals surface area contributed by atoms with Crippen LogP contribution in [0.25, 0.3) is 0 Å². The third-order valence-corrected chi connectivity index (χ3v) is 4.09. The molecule has 1 aromatic carbocycles. The summed E-state index contributed by atoms with van der Waals surface area (Å²) in [5.41, 5.74) is 2.93. The van der Waals surface area contributed by atoms with Crippen molar-refractivity contribution in [3.63, 3.8) is 0 Å². The molecule has 0 aliphatic carbocycles. The fourth-order valence-electron chi connectivity index (χ4n) is 2.30. The second kappa shape index (κ2) is 5.72. The van der Waals surface area contributed by atoms with Gasteiger partial charge in [-0.25, -0.2) is 0 Å². The van der Waals surface area contributed by atoms with Crippen LogP contribution < -0.4 is 0 Å². The Balaban J connectivity index is 3.10. The summed E-state index contributed by atoms with van der Waals surface area (Å²) in [6, 6.07) is 8.74. The first-order chi connectivity index (χ1) is 7.54. The Bertz CT molecular complexity index is 330. The van der Waals surface area contributed by atoms with Gasteiger partial charge in [0.1, 0.15) is 0 Å². The molecule has 0 saturated carbocycles. The fraction of sp³-hybridized carbons (Fsp3) is 0.600. The monoisotopic (exact) mass is 238 g/mol. The lowest BCUT2D eigenvalue weighted by molar-refractivity contribution is 0.311. The van der Waals surface area contributed by atoms with E-state index in [1.165, 1.54) is 24.0 Å². The van der Waals surface area contributed by atoms with Crippen molar-refractivity contribution in [1.29, 1.82) is 0 Å². The van der Waals surface area contributed by atoms with Gasteiger partial charge in [-0.05, 0) is 28.9 Å². The Morgan fingerprint density at radius 1 is 1.31 bits per heavy atom. The zero-order valence-electron chi connectivity index (χ0n) is 10.9. The number of hydrogen-bond acceptors (Lipinski definition) is 0. The predicted molar refractivity (Wildman–Crippen MR) is 73.1 cm³/mol. The maximum absolute atomic E-state index is 5.91. The summed E-state index contributed by atoms with van der Waals surface area (Å²) in [5.74, 6) is 1.26. The lowest BCUT2D eigenvalue weighted by atomic mass is 9.70. The highest BCUT2D eigenvalue weighted by Crippen LogP contribution is 2.36. The van der Waals surface area contributed by atoms with Gasteiger partial charge in [0, 0.05) is 5.88 Å². The molecule has 16 heavy (non-hydrogen) atoms. The maximum Gasteiger partial charge on any atom is 0.0474 e. The first-order valence-electron chi connectivity index (χ1n) is 6.20. The molecule has 1 unspecified atom stereocenters. The Kier molecular flexibility index (Phi) is 4.86. The van der Waals surface area contributed by atoms with E-state index in [1.807, 2.05) is 0 Å². The van der Waals surface area contributed by atoms with Crippen LogP contribution in [0.15, 0.2) is 24.3 Å². The van der Waals surface area contributed by atoms with Crippen molar-refractivity contribution in [2.24, 2.45) is 5.92 Å². The number of hydrogen-bond donors (Lipinski definition) is 0. The van der Waals surface area contributed by atoms with E-state index < -0.39 is 0 Å². The minimum atomic E-state index is 0.275. The summed E-state index contributed by atoms with van der Waals surface area (Å²) >= 11 is 5.91. The van der Waals surface area contributed by atoms with E-state index in [1.54, 1.807) is 0 Å². The zero-order chi connectivity index (χ0) is 12.2. The summed E-state index contributed by atoms with van der Waals surface area (Å²) in [7, 11) is 0. The molecular formula is C15H23Cl.